The molecule has 0 unspecified atom stereocenters. The van der Waals surface area contributed by atoms with Gasteiger partial charge in [0.2, 0.25) is 0 Å². The second kappa shape index (κ2) is 4.37. The third kappa shape index (κ3) is 2.18. The topological polar surface area (TPSA) is 68.0 Å². The van der Waals surface area contributed by atoms with Crippen molar-refractivity contribution in [1.82, 2.24) is 14.8 Å². The highest BCUT2D eigenvalue weighted by atomic mass is 16.4. The molecule has 17 heavy (non-hydrogen) atoms. The first-order chi connectivity index (χ1) is 8.09. The summed E-state index contributed by atoms with van der Waals surface area (Å²) < 4.78 is 1.70. The number of hydrogen-bond donors (Lipinski definition) is 1. The van der Waals surface area contributed by atoms with Crippen molar-refractivity contribution in [2.75, 3.05) is 0 Å². The van der Waals surface area contributed by atoms with Crippen LogP contribution in [0.4, 0.5) is 0 Å². The molecular formula is C12H13N3O2. The molecule has 5 nitrogen and oxygen atoms in total. The Kier molecular flexibility index (Phi) is 2.91. The van der Waals surface area contributed by atoms with Crippen LogP contribution in [0.1, 0.15) is 11.4 Å². The molecule has 0 radical (unpaired) electrons. The lowest BCUT2D eigenvalue weighted by atomic mass is 10.0. The van der Waals surface area contributed by atoms with Crippen molar-refractivity contribution in [3.05, 3.63) is 35.9 Å². The van der Waals surface area contributed by atoms with E-state index in [-0.39, 0.29) is 6.42 Å². The number of carboxylic acids is 1. The molecule has 0 fully saturated rings. The van der Waals surface area contributed by atoms with Crippen LogP contribution in [-0.2, 0) is 18.3 Å². The zero-order valence-electron chi connectivity index (χ0n) is 9.71. The quantitative estimate of drug-likeness (QED) is 0.867. The number of rotatable bonds is 3. The van der Waals surface area contributed by atoms with E-state index in [0.29, 0.717) is 5.69 Å². The van der Waals surface area contributed by atoms with Crippen LogP contribution >= 0.6 is 0 Å². The fourth-order valence-electron chi connectivity index (χ4n) is 1.83. The molecule has 0 atom stereocenters. The summed E-state index contributed by atoms with van der Waals surface area (Å²) in [6, 6.07) is 3.73. The van der Waals surface area contributed by atoms with Gasteiger partial charge in [-0.3, -0.25) is 14.5 Å². The van der Waals surface area contributed by atoms with Crippen LogP contribution < -0.4 is 0 Å². The summed E-state index contributed by atoms with van der Waals surface area (Å²) in [7, 11) is 1.81. The summed E-state index contributed by atoms with van der Waals surface area (Å²) in [5.74, 6) is -0.881. The number of hydrogen-bond acceptors (Lipinski definition) is 3. The number of aliphatic carboxylic acids is 1. The highest BCUT2D eigenvalue weighted by Crippen LogP contribution is 2.26. The van der Waals surface area contributed by atoms with Crippen LogP contribution in [0.2, 0.25) is 0 Å². The van der Waals surface area contributed by atoms with E-state index in [1.807, 2.05) is 19.1 Å². The fraction of sp³-hybridized carbons (Fsp3) is 0.250. The summed E-state index contributed by atoms with van der Waals surface area (Å²) in [5.41, 5.74) is 3.28. The standard InChI is InChI=1S/C12H13N3O2/c1-8-12(9-4-3-5-13-7-9)10(6-11(16)17)14-15(8)2/h3-5,7H,6H2,1-2H3,(H,16,17). The van der Waals surface area contributed by atoms with E-state index in [1.54, 1.807) is 24.1 Å². The number of carbonyl (C=O) groups is 1. The summed E-state index contributed by atoms with van der Waals surface area (Å²) in [6.45, 7) is 1.92. The molecular weight excluding hydrogens is 218 g/mol. The van der Waals surface area contributed by atoms with Gasteiger partial charge in [0.25, 0.3) is 0 Å². The largest absolute Gasteiger partial charge is 0.481 e. The molecule has 0 spiro atoms. The molecule has 0 saturated heterocycles. The third-order valence-corrected chi connectivity index (χ3v) is 2.68. The Balaban J connectivity index is 2.55. The average molecular weight is 231 g/mol. The van der Waals surface area contributed by atoms with E-state index in [9.17, 15) is 4.79 Å². The SMILES string of the molecule is Cc1c(-c2cccnc2)c(CC(=O)O)nn1C. The number of pyridine rings is 1. The summed E-state index contributed by atoms with van der Waals surface area (Å²) in [6.07, 6.45) is 3.33. The minimum Gasteiger partial charge on any atom is -0.481 e. The van der Waals surface area contributed by atoms with E-state index in [2.05, 4.69) is 10.1 Å². The summed E-state index contributed by atoms with van der Waals surface area (Å²) in [4.78, 5) is 14.9. The first kappa shape index (κ1) is 11.3. The van der Waals surface area contributed by atoms with Crippen molar-refractivity contribution in [3.8, 4) is 11.1 Å². The van der Waals surface area contributed by atoms with Gasteiger partial charge in [0.1, 0.15) is 0 Å². The zero-order chi connectivity index (χ0) is 12.4. The zero-order valence-corrected chi connectivity index (χ0v) is 9.71. The Hall–Kier alpha value is -2.17. The number of carboxylic acid groups (broad SMARTS) is 1. The van der Waals surface area contributed by atoms with Crippen LogP contribution in [0.5, 0.6) is 0 Å². The minimum atomic E-state index is -0.881. The van der Waals surface area contributed by atoms with Crippen molar-refractivity contribution in [2.45, 2.75) is 13.3 Å². The maximum absolute atomic E-state index is 10.8. The van der Waals surface area contributed by atoms with E-state index in [4.69, 9.17) is 5.11 Å². The maximum Gasteiger partial charge on any atom is 0.309 e. The maximum atomic E-state index is 10.8. The molecule has 2 aromatic rings. The van der Waals surface area contributed by atoms with E-state index < -0.39 is 5.97 Å². The molecule has 2 heterocycles. The Labute approximate surface area is 98.7 Å². The van der Waals surface area contributed by atoms with Gasteiger partial charge in [-0.15, -0.1) is 0 Å². The predicted octanol–water partition coefficient (Wildman–Crippen LogP) is 1.42. The number of aryl methyl sites for hydroxylation is 1. The van der Waals surface area contributed by atoms with Gasteiger partial charge in [-0.05, 0) is 13.0 Å². The van der Waals surface area contributed by atoms with Gasteiger partial charge in [-0.1, -0.05) is 6.07 Å². The first-order valence-corrected chi connectivity index (χ1v) is 5.24. The highest BCUT2D eigenvalue weighted by Gasteiger charge is 2.16. The molecule has 88 valence electrons. The van der Waals surface area contributed by atoms with Crippen molar-refractivity contribution >= 4 is 5.97 Å². The first-order valence-electron chi connectivity index (χ1n) is 5.24. The van der Waals surface area contributed by atoms with E-state index in [1.165, 1.54) is 0 Å². The predicted molar refractivity (Wildman–Crippen MR) is 62.5 cm³/mol. The second-order valence-electron chi connectivity index (χ2n) is 3.84. The van der Waals surface area contributed by atoms with Crippen LogP contribution in [0.15, 0.2) is 24.5 Å². The lowest BCUT2D eigenvalue weighted by Gasteiger charge is -2.02. The van der Waals surface area contributed by atoms with Gasteiger partial charge < -0.3 is 5.11 Å². The lowest BCUT2D eigenvalue weighted by Crippen LogP contribution is -2.02. The molecule has 5 heteroatoms. The number of nitrogens with zero attached hydrogens (tertiary/aromatic N) is 3. The molecule has 0 aromatic carbocycles. The molecule has 2 aromatic heterocycles. The fourth-order valence-corrected chi connectivity index (χ4v) is 1.83. The average Bonchev–Trinajstić information content (AvgIpc) is 2.55. The molecule has 2 rings (SSSR count). The van der Waals surface area contributed by atoms with Gasteiger partial charge >= 0.3 is 5.97 Å². The van der Waals surface area contributed by atoms with Gasteiger partial charge in [-0.2, -0.15) is 5.10 Å². The highest BCUT2D eigenvalue weighted by molar-refractivity contribution is 5.76. The number of aromatic nitrogens is 3. The van der Waals surface area contributed by atoms with Crippen LogP contribution in [-0.4, -0.2) is 25.8 Å². The van der Waals surface area contributed by atoms with Crippen molar-refractivity contribution in [3.63, 3.8) is 0 Å². The van der Waals surface area contributed by atoms with Crippen LogP contribution in [0, 0.1) is 6.92 Å². The van der Waals surface area contributed by atoms with Crippen molar-refractivity contribution in [1.29, 1.82) is 0 Å². The smallest absolute Gasteiger partial charge is 0.309 e. The molecule has 1 N–H and O–H groups in total. The summed E-state index contributed by atoms with van der Waals surface area (Å²) >= 11 is 0. The van der Waals surface area contributed by atoms with Crippen molar-refractivity contribution < 1.29 is 9.90 Å². The lowest BCUT2D eigenvalue weighted by molar-refractivity contribution is -0.136. The van der Waals surface area contributed by atoms with Crippen LogP contribution in [0.3, 0.4) is 0 Å². The monoisotopic (exact) mass is 231 g/mol. The van der Waals surface area contributed by atoms with Gasteiger partial charge in [0.05, 0.1) is 12.1 Å². The van der Waals surface area contributed by atoms with Gasteiger partial charge in [0, 0.05) is 36.3 Å². The molecule has 0 aliphatic heterocycles. The van der Waals surface area contributed by atoms with Crippen LogP contribution in [0.25, 0.3) is 11.1 Å². The third-order valence-electron chi connectivity index (χ3n) is 2.68. The molecule has 0 aliphatic carbocycles. The minimum absolute atomic E-state index is 0.0775. The Morgan fingerprint density at radius 2 is 2.29 bits per heavy atom. The Morgan fingerprint density at radius 1 is 1.53 bits per heavy atom. The molecule has 0 saturated carbocycles. The molecule has 0 aliphatic rings. The van der Waals surface area contributed by atoms with Gasteiger partial charge in [-0.25, -0.2) is 0 Å². The Bertz CT molecular complexity index is 546. The molecule has 0 bridgehead atoms. The Morgan fingerprint density at radius 3 is 2.88 bits per heavy atom. The van der Waals surface area contributed by atoms with Crippen molar-refractivity contribution in [2.24, 2.45) is 7.05 Å². The molecule has 0 amide bonds. The van der Waals surface area contributed by atoms with Gasteiger partial charge in [0.15, 0.2) is 0 Å². The van der Waals surface area contributed by atoms with E-state index >= 15 is 0 Å². The summed E-state index contributed by atoms with van der Waals surface area (Å²) in [5, 5.41) is 13.1. The van der Waals surface area contributed by atoms with E-state index in [0.717, 1.165) is 16.8 Å². The second-order valence-corrected chi connectivity index (χ2v) is 3.84. The normalized spacial score (nSPS) is 10.5.